The standard InChI is InChI=1S/C18H14FIN2O4/c19-11-2-1-3-13-10(11)8-14(21-13)17(24)22-15(18(25)26)7-9-4-5-16(23)12(20)6-9/h1-6,8,15,21,23H,7H2,(H,22,24)(H,25,26)/t15-/m1/s1. The Morgan fingerprint density at radius 3 is 2.65 bits per heavy atom. The van der Waals surface area contributed by atoms with Crippen LogP contribution in [0.3, 0.4) is 0 Å². The lowest BCUT2D eigenvalue weighted by Crippen LogP contribution is -2.42. The fourth-order valence-electron chi connectivity index (χ4n) is 2.59. The number of benzene rings is 2. The van der Waals surface area contributed by atoms with Crippen LogP contribution < -0.4 is 5.32 Å². The Balaban J connectivity index is 1.80. The number of amides is 1. The molecule has 26 heavy (non-hydrogen) atoms. The largest absolute Gasteiger partial charge is 0.507 e. The number of aromatic hydroxyl groups is 1. The zero-order valence-corrected chi connectivity index (χ0v) is 15.5. The number of carboxylic acid groups (broad SMARTS) is 1. The van der Waals surface area contributed by atoms with Crippen LogP contribution in [0.4, 0.5) is 4.39 Å². The predicted molar refractivity (Wildman–Crippen MR) is 102 cm³/mol. The molecule has 2 aromatic carbocycles. The van der Waals surface area contributed by atoms with E-state index in [1.807, 2.05) is 22.6 Å². The molecule has 0 aliphatic rings. The number of hydrogen-bond acceptors (Lipinski definition) is 3. The molecule has 0 fully saturated rings. The number of fused-ring (bicyclic) bond motifs is 1. The smallest absolute Gasteiger partial charge is 0.326 e. The maximum absolute atomic E-state index is 13.7. The molecule has 4 N–H and O–H groups in total. The minimum atomic E-state index is -1.19. The molecule has 0 aliphatic heterocycles. The summed E-state index contributed by atoms with van der Waals surface area (Å²) in [6, 6.07) is 9.32. The van der Waals surface area contributed by atoms with Crippen LogP contribution in [0.1, 0.15) is 16.1 Å². The molecule has 0 aliphatic carbocycles. The van der Waals surface area contributed by atoms with Gasteiger partial charge in [0, 0.05) is 17.3 Å². The third-order valence-corrected chi connectivity index (χ3v) is 4.77. The molecular weight excluding hydrogens is 454 g/mol. The SMILES string of the molecule is O=C(N[C@H](Cc1ccc(O)c(I)c1)C(=O)O)c1cc2c(F)cccc2[nH]1. The van der Waals surface area contributed by atoms with Crippen molar-refractivity contribution in [2.24, 2.45) is 0 Å². The monoisotopic (exact) mass is 468 g/mol. The number of aromatic amines is 1. The highest BCUT2D eigenvalue weighted by Crippen LogP contribution is 2.21. The van der Waals surface area contributed by atoms with Crippen molar-refractivity contribution in [3.63, 3.8) is 0 Å². The lowest BCUT2D eigenvalue weighted by atomic mass is 10.1. The highest BCUT2D eigenvalue weighted by atomic mass is 127. The second kappa shape index (κ2) is 7.32. The summed E-state index contributed by atoms with van der Waals surface area (Å²) < 4.78 is 14.3. The molecule has 3 rings (SSSR count). The van der Waals surface area contributed by atoms with Gasteiger partial charge in [0.15, 0.2) is 0 Å². The first kappa shape index (κ1) is 18.2. The zero-order valence-electron chi connectivity index (χ0n) is 13.3. The minimum absolute atomic E-state index is 0.0476. The number of nitrogens with one attached hydrogen (secondary N) is 2. The van der Waals surface area contributed by atoms with E-state index in [1.54, 1.807) is 18.2 Å². The number of aliphatic carboxylic acids is 1. The average molecular weight is 468 g/mol. The first-order valence-electron chi connectivity index (χ1n) is 7.63. The maximum Gasteiger partial charge on any atom is 0.326 e. The van der Waals surface area contributed by atoms with Crippen LogP contribution in [0, 0.1) is 9.39 Å². The molecule has 6 nitrogen and oxygen atoms in total. The lowest BCUT2D eigenvalue weighted by Gasteiger charge is -2.14. The Kier molecular flexibility index (Phi) is 5.12. The highest BCUT2D eigenvalue weighted by Gasteiger charge is 2.22. The molecule has 0 spiro atoms. The molecule has 0 saturated carbocycles. The summed E-state index contributed by atoms with van der Waals surface area (Å²) >= 11 is 1.93. The molecule has 134 valence electrons. The van der Waals surface area contributed by atoms with E-state index in [4.69, 9.17) is 0 Å². The van der Waals surface area contributed by atoms with Gasteiger partial charge in [-0.25, -0.2) is 9.18 Å². The van der Waals surface area contributed by atoms with E-state index in [0.717, 1.165) is 0 Å². The summed E-state index contributed by atoms with van der Waals surface area (Å²) in [7, 11) is 0. The van der Waals surface area contributed by atoms with Crippen molar-refractivity contribution < 1.29 is 24.2 Å². The van der Waals surface area contributed by atoms with Crippen LogP contribution in [0.2, 0.25) is 0 Å². The number of hydrogen-bond donors (Lipinski definition) is 4. The van der Waals surface area contributed by atoms with Crippen LogP contribution in [0.15, 0.2) is 42.5 Å². The number of aromatic nitrogens is 1. The fourth-order valence-corrected chi connectivity index (χ4v) is 3.17. The van der Waals surface area contributed by atoms with Gasteiger partial charge in [-0.2, -0.15) is 0 Å². The van der Waals surface area contributed by atoms with Gasteiger partial charge in [-0.05, 0) is 58.5 Å². The molecule has 0 saturated heterocycles. The molecule has 0 bridgehead atoms. The molecular formula is C18H14FIN2O4. The first-order valence-corrected chi connectivity index (χ1v) is 8.71. The van der Waals surface area contributed by atoms with Crippen LogP contribution in [0.25, 0.3) is 10.9 Å². The molecule has 3 aromatic rings. The number of rotatable bonds is 5. The quantitative estimate of drug-likeness (QED) is 0.433. The second-order valence-electron chi connectivity index (χ2n) is 5.74. The number of carbonyl (C=O) groups is 2. The van der Waals surface area contributed by atoms with Gasteiger partial charge in [0.05, 0.1) is 3.57 Å². The molecule has 0 radical (unpaired) electrons. The summed E-state index contributed by atoms with van der Waals surface area (Å²) in [5.74, 6) is -2.19. The van der Waals surface area contributed by atoms with Gasteiger partial charge in [-0.1, -0.05) is 12.1 Å². The van der Waals surface area contributed by atoms with Gasteiger partial charge in [-0.3, -0.25) is 4.79 Å². The number of carbonyl (C=O) groups excluding carboxylic acids is 1. The Hall–Kier alpha value is -2.62. The Morgan fingerprint density at radius 2 is 2.00 bits per heavy atom. The third-order valence-electron chi connectivity index (χ3n) is 3.91. The van der Waals surface area contributed by atoms with E-state index < -0.39 is 23.7 Å². The Labute approximate surface area is 161 Å². The van der Waals surface area contributed by atoms with Gasteiger partial charge in [-0.15, -0.1) is 0 Å². The van der Waals surface area contributed by atoms with E-state index in [0.29, 0.717) is 14.7 Å². The van der Waals surface area contributed by atoms with Crippen molar-refractivity contribution in [2.45, 2.75) is 12.5 Å². The van der Waals surface area contributed by atoms with Crippen molar-refractivity contribution >= 4 is 45.4 Å². The number of carboxylic acids is 1. The van der Waals surface area contributed by atoms with E-state index in [-0.39, 0.29) is 23.3 Å². The van der Waals surface area contributed by atoms with Gasteiger partial charge in [0.1, 0.15) is 23.3 Å². The highest BCUT2D eigenvalue weighted by molar-refractivity contribution is 14.1. The molecule has 1 heterocycles. The Morgan fingerprint density at radius 1 is 1.23 bits per heavy atom. The van der Waals surface area contributed by atoms with Crippen molar-refractivity contribution in [1.82, 2.24) is 10.3 Å². The van der Waals surface area contributed by atoms with Gasteiger partial charge >= 0.3 is 5.97 Å². The van der Waals surface area contributed by atoms with Crippen molar-refractivity contribution in [1.29, 1.82) is 0 Å². The lowest BCUT2D eigenvalue weighted by molar-refractivity contribution is -0.139. The summed E-state index contributed by atoms with van der Waals surface area (Å²) in [6.45, 7) is 0. The number of H-pyrrole nitrogens is 1. The fraction of sp³-hybridized carbons (Fsp3) is 0.111. The van der Waals surface area contributed by atoms with Crippen LogP contribution in [0.5, 0.6) is 5.75 Å². The summed E-state index contributed by atoms with van der Waals surface area (Å²) in [4.78, 5) is 26.7. The van der Waals surface area contributed by atoms with Gasteiger partial charge in [0.25, 0.3) is 5.91 Å². The van der Waals surface area contributed by atoms with Crippen LogP contribution >= 0.6 is 22.6 Å². The second-order valence-corrected chi connectivity index (χ2v) is 6.90. The number of phenolic OH excluding ortho intramolecular Hbond substituents is 1. The topological polar surface area (TPSA) is 102 Å². The zero-order chi connectivity index (χ0) is 18.8. The molecule has 1 aromatic heterocycles. The predicted octanol–water partition coefficient (Wildman–Crippen LogP) is 3.04. The number of phenols is 1. The Bertz CT molecular complexity index is 1000. The van der Waals surface area contributed by atoms with Crippen LogP contribution in [-0.2, 0) is 11.2 Å². The van der Waals surface area contributed by atoms with E-state index in [9.17, 15) is 24.2 Å². The van der Waals surface area contributed by atoms with Crippen LogP contribution in [-0.4, -0.2) is 33.1 Å². The van der Waals surface area contributed by atoms with Gasteiger partial charge < -0.3 is 20.5 Å². The van der Waals surface area contributed by atoms with E-state index in [1.165, 1.54) is 24.3 Å². The minimum Gasteiger partial charge on any atom is -0.507 e. The van der Waals surface area contributed by atoms with E-state index in [2.05, 4.69) is 10.3 Å². The summed E-state index contributed by atoms with van der Waals surface area (Å²) in [6.07, 6.45) is 0.0476. The first-order chi connectivity index (χ1) is 12.3. The summed E-state index contributed by atoms with van der Waals surface area (Å²) in [5, 5.41) is 21.6. The average Bonchev–Trinajstić information content (AvgIpc) is 3.03. The summed E-state index contributed by atoms with van der Waals surface area (Å²) in [5.41, 5.74) is 1.19. The molecule has 1 amide bonds. The molecule has 0 unspecified atom stereocenters. The van der Waals surface area contributed by atoms with E-state index >= 15 is 0 Å². The molecule has 8 heteroatoms. The van der Waals surface area contributed by atoms with Crippen molar-refractivity contribution in [3.8, 4) is 5.75 Å². The maximum atomic E-state index is 13.7. The normalized spacial score (nSPS) is 12.1. The van der Waals surface area contributed by atoms with Crippen molar-refractivity contribution in [2.75, 3.05) is 0 Å². The third kappa shape index (κ3) is 3.79. The van der Waals surface area contributed by atoms with Crippen molar-refractivity contribution in [3.05, 3.63) is 63.1 Å². The van der Waals surface area contributed by atoms with Gasteiger partial charge in [0.2, 0.25) is 0 Å². The molecule has 1 atom stereocenters. The number of halogens is 2.